The Morgan fingerprint density at radius 1 is 0.811 bits per heavy atom. The fourth-order valence-electron chi connectivity index (χ4n) is 4.87. The summed E-state index contributed by atoms with van der Waals surface area (Å²) >= 11 is 0. The van der Waals surface area contributed by atoms with Crippen LogP contribution in [0.15, 0.2) is 115 Å². The number of fused-ring (bicyclic) bond motifs is 1. The van der Waals surface area contributed by atoms with Crippen LogP contribution in [0.25, 0.3) is 10.8 Å². The summed E-state index contributed by atoms with van der Waals surface area (Å²) in [5.74, 6) is 0.298. The molecule has 0 aliphatic heterocycles. The summed E-state index contributed by atoms with van der Waals surface area (Å²) in [6, 6.07) is 36.2. The van der Waals surface area contributed by atoms with E-state index in [1.54, 1.807) is 0 Å². The molecule has 0 bridgehead atoms. The van der Waals surface area contributed by atoms with Gasteiger partial charge in [-0.2, -0.15) is 0 Å². The molecule has 0 aromatic heterocycles. The highest BCUT2D eigenvalue weighted by Gasteiger charge is 2.24. The van der Waals surface area contributed by atoms with Gasteiger partial charge in [0.05, 0.1) is 5.41 Å². The van der Waals surface area contributed by atoms with Crippen LogP contribution in [-0.2, 0) is 4.79 Å². The quantitative estimate of drug-likeness (QED) is 0.215. The van der Waals surface area contributed by atoms with Gasteiger partial charge in [0.15, 0.2) is 0 Å². The van der Waals surface area contributed by atoms with E-state index in [9.17, 15) is 4.79 Å². The Hall–Kier alpha value is -3.69. The molecule has 0 radical (unpaired) electrons. The lowest BCUT2D eigenvalue weighted by atomic mass is 9.88. The first-order valence-corrected chi connectivity index (χ1v) is 13.2. The highest BCUT2D eigenvalue weighted by Crippen LogP contribution is 2.28. The molecule has 0 fully saturated rings. The summed E-state index contributed by atoms with van der Waals surface area (Å²) in [4.78, 5) is 13.0. The van der Waals surface area contributed by atoms with Gasteiger partial charge < -0.3 is 10.6 Å². The molecule has 1 atom stereocenters. The molecule has 4 rings (SSSR count). The number of nitrogens with one attached hydrogen (secondary N) is 2. The van der Waals surface area contributed by atoms with E-state index >= 15 is 0 Å². The zero-order valence-corrected chi connectivity index (χ0v) is 22.2. The number of carbonyl (C=O) groups excluding carboxylic acids is 1. The van der Waals surface area contributed by atoms with Gasteiger partial charge in [-0.1, -0.05) is 115 Å². The summed E-state index contributed by atoms with van der Waals surface area (Å²) in [6.45, 7) is 7.45. The zero-order valence-electron chi connectivity index (χ0n) is 22.2. The van der Waals surface area contributed by atoms with Gasteiger partial charge in [0.2, 0.25) is 5.91 Å². The van der Waals surface area contributed by atoms with Gasteiger partial charge in [0.1, 0.15) is 0 Å². The molecule has 0 unspecified atom stereocenters. The number of amides is 1. The van der Waals surface area contributed by atoms with Gasteiger partial charge >= 0.3 is 0 Å². The van der Waals surface area contributed by atoms with Gasteiger partial charge in [0.25, 0.3) is 0 Å². The molecule has 4 aromatic carbocycles. The number of carbonyl (C=O) groups is 1. The fourth-order valence-corrected chi connectivity index (χ4v) is 4.87. The molecular formula is C34H38N2O. The summed E-state index contributed by atoms with van der Waals surface area (Å²) < 4.78 is 0. The summed E-state index contributed by atoms with van der Waals surface area (Å²) in [5, 5.41) is 9.29. The lowest BCUT2D eigenvalue weighted by Gasteiger charge is -2.22. The lowest BCUT2D eigenvalue weighted by Crippen LogP contribution is -2.36. The van der Waals surface area contributed by atoms with E-state index in [1.807, 2.05) is 32.1 Å². The molecule has 0 heterocycles. The van der Waals surface area contributed by atoms with Crippen molar-refractivity contribution in [1.29, 1.82) is 0 Å². The SMILES string of the molecule is C[C@@H](NC/C=C/C(C)(C)C(=O)NCCC(c1ccccc1)c1ccccc1)c1cccc2ccccc12. The third kappa shape index (κ3) is 6.96. The van der Waals surface area contributed by atoms with Crippen molar-refractivity contribution in [2.75, 3.05) is 13.1 Å². The van der Waals surface area contributed by atoms with Crippen molar-refractivity contribution in [3.05, 3.63) is 132 Å². The second-order valence-electron chi connectivity index (χ2n) is 10.2. The molecule has 4 aromatic rings. The van der Waals surface area contributed by atoms with Gasteiger partial charge in [-0.3, -0.25) is 4.79 Å². The van der Waals surface area contributed by atoms with Crippen molar-refractivity contribution in [1.82, 2.24) is 10.6 Å². The lowest BCUT2D eigenvalue weighted by molar-refractivity contribution is -0.127. The van der Waals surface area contributed by atoms with Gasteiger partial charge in [-0.15, -0.1) is 0 Å². The Kier molecular flexibility index (Phi) is 8.92. The highest BCUT2D eigenvalue weighted by molar-refractivity contribution is 5.86. The molecule has 0 saturated carbocycles. The summed E-state index contributed by atoms with van der Waals surface area (Å²) in [5.41, 5.74) is 3.25. The van der Waals surface area contributed by atoms with Crippen LogP contribution in [0, 0.1) is 5.41 Å². The Labute approximate surface area is 221 Å². The predicted octanol–water partition coefficient (Wildman–Crippen LogP) is 7.41. The first-order chi connectivity index (χ1) is 18.0. The van der Waals surface area contributed by atoms with E-state index < -0.39 is 5.41 Å². The first-order valence-electron chi connectivity index (χ1n) is 13.2. The van der Waals surface area contributed by atoms with Crippen LogP contribution >= 0.6 is 0 Å². The molecule has 0 saturated heterocycles. The Morgan fingerprint density at radius 2 is 1.41 bits per heavy atom. The van der Waals surface area contributed by atoms with Crippen molar-refractivity contribution in [3.63, 3.8) is 0 Å². The summed E-state index contributed by atoms with van der Waals surface area (Å²) in [6.07, 6.45) is 4.93. The molecule has 2 N–H and O–H groups in total. The Balaban J connectivity index is 1.30. The molecule has 3 heteroatoms. The number of benzene rings is 4. The van der Waals surface area contributed by atoms with Gasteiger partial charge in [-0.25, -0.2) is 0 Å². The highest BCUT2D eigenvalue weighted by atomic mass is 16.2. The second-order valence-corrected chi connectivity index (χ2v) is 10.2. The molecule has 0 aliphatic rings. The zero-order chi connectivity index (χ0) is 26.1. The number of hydrogen-bond acceptors (Lipinski definition) is 2. The molecule has 190 valence electrons. The van der Waals surface area contributed by atoms with Crippen LogP contribution < -0.4 is 10.6 Å². The average molecular weight is 491 g/mol. The molecular weight excluding hydrogens is 452 g/mol. The van der Waals surface area contributed by atoms with E-state index in [2.05, 4.69) is 115 Å². The third-order valence-corrected chi connectivity index (χ3v) is 7.07. The third-order valence-electron chi connectivity index (χ3n) is 7.07. The molecule has 37 heavy (non-hydrogen) atoms. The van der Waals surface area contributed by atoms with Crippen molar-refractivity contribution in [2.24, 2.45) is 5.41 Å². The topological polar surface area (TPSA) is 41.1 Å². The normalized spacial score (nSPS) is 12.8. The smallest absolute Gasteiger partial charge is 0.229 e. The maximum Gasteiger partial charge on any atom is 0.229 e. The van der Waals surface area contributed by atoms with E-state index in [0.717, 1.165) is 6.42 Å². The molecule has 1 amide bonds. The van der Waals surface area contributed by atoms with Crippen molar-refractivity contribution in [3.8, 4) is 0 Å². The second kappa shape index (κ2) is 12.5. The first kappa shape index (κ1) is 26.4. The maximum atomic E-state index is 13.0. The molecule has 0 aliphatic carbocycles. The fraction of sp³-hybridized carbons (Fsp3) is 0.265. The van der Waals surface area contributed by atoms with E-state index in [0.29, 0.717) is 13.1 Å². The van der Waals surface area contributed by atoms with Crippen LogP contribution in [0.5, 0.6) is 0 Å². The predicted molar refractivity (Wildman–Crippen MR) is 156 cm³/mol. The minimum absolute atomic E-state index is 0.0470. The number of hydrogen-bond donors (Lipinski definition) is 2. The monoisotopic (exact) mass is 490 g/mol. The maximum absolute atomic E-state index is 13.0. The van der Waals surface area contributed by atoms with E-state index in [1.165, 1.54) is 27.5 Å². The Morgan fingerprint density at radius 3 is 2.08 bits per heavy atom. The van der Waals surface area contributed by atoms with Gasteiger partial charge in [0, 0.05) is 25.0 Å². The standard InChI is InChI=1S/C34H38N2O/c1-26(30-21-12-19-29-18-10-11-20-32(29)30)35-24-13-23-34(2,3)33(37)36-25-22-31(27-14-6-4-7-15-27)28-16-8-5-9-17-28/h4-21,23,26,31,35H,22,24-25H2,1-3H3,(H,36,37)/b23-13+/t26-/m1/s1. The van der Waals surface area contributed by atoms with Crippen molar-refractivity contribution < 1.29 is 4.79 Å². The van der Waals surface area contributed by atoms with Crippen LogP contribution in [-0.4, -0.2) is 19.0 Å². The number of rotatable bonds is 11. The van der Waals surface area contributed by atoms with Crippen molar-refractivity contribution >= 4 is 16.7 Å². The molecule has 0 spiro atoms. The van der Waals surface area contributed by atoms with E-state index in [4.69, 9.17) is 0 Å². The van der Waals surface area contributed by atoms with Crippen LogP contribution in [0.4, 0.5) is 0 Å². The minimum Gasteiger partial charge on any atom is -0.355 e. The van der Waals surface area contributed by atoms with Crippen LogP contribution in [0.2, 0.25) is 0 Å². The molecule has 3 nitrogen and oxygen atoms in total. The Bertz CT molecular complexity index is 1270. The van der Waals surface area contributed by atoms with Gasteiger partial charge in [-0.05, 0) is 54.7 Å². The summed E-state index contributed by atoms with van der Waals surface area (Å²) in [7, 11) is 0. The van der Waals surface area contributed by atoms with Crippen molar-refractivity contribution in [2.45, 2.75) is 39.2 Å². The average Bonchev–Trinajstić information content (AvgIpc) is 2.94. The van der Waals surface area contributed by atoms with Crippen LogP contribution in [0.3, 0.4) is 0 Å². The van der Waals surface area contributed by atoms with Crippen LogP contribution in [0.1, 0.15) is 55.8 Å². The minimum atomic E-state index is -0.584. The van der Waals surface area contributed by atoms with E-state index in [-0.39, 0.29) is 17.9 Å². The largest absolute Gasteiger partial charge is 0.355 e.